The fraction of sp³-hybridized carbons (Fsp3) is 0.417. The first-order valence-electron chi connectivity index (χ1n) is 5.76. The van der Waals surface area contributed by atoms with Crippen LogP contribution in [0.4, 0.5) is 5.82 Å². The first-order chi connectivity index (χ1) is 8.17. The number of hydrogen-bond donors (Lipinski definition) is 1. The van der Waals surface area contributed by atoms with Gasteiger partial charge in [0.15, 0.2) is 5.82 Å². The first kappa shape index (κ1) is 11.6. The second-order valence-electron chi connectivity index (χ2n) is 4.00. The number of hydrogen-bond acceptors (Lipinski definition) is 4. The fourth-order valence-electron chi connectivity index (χ4n) is 1.67. The van der Waals surface area contributed by atoms with E-state index in [4.69, 9.17) is 0 Å². The summed E-state index contributed by atoms with van der Waals surface area (Å²) in [6.45, 7) is 7.46. The van der Waals surface area contributed by atoms with Gasteiger partial charge in [0.2, 0.25) is 0 Å². The van der Waals surface area contributed by atoms with Crippen molar-refractivity contribution in [1.82, 2.24) is 19.7 Å². The van der Waals surface area contributed by atoms with Gasteiger partial charge in [0.1, 0.15) is 12.4 Å². The largest absolute Gasteiger partial charge is 0.370 e. The number of aromatic nitrogens is 4. The van der Waals surface area contributed by atoms with Gasteiger partial charge in [-0.05, 0) is 26.8 Å². The Hall–Kier alpha value is -1.91. The van der Waals surface area contributed by atoms with Gasteiger partial charge in [-0.3, -0.25) is 4.68 Å². The van der Waals surface area contributed by atoms with E-state index >= 15 is 0 Å². The Kier molecular flexibility index (Phi) is 3.37. The molecule has 90 valence electrons. The van der Waals surface area contributed by atoms with Crippen LogP contribution in [0.2, 0.25) is 0 Å². The molecule has 0 atom stereocenters. The Bertz CT molecular complexity index is 503. The predicted octanol–water partition coefficient (Wildman–Crippen LogP) is 1.77. The minimum absolute atomic E-state index is 0.605. The summed E-state index contributed by atoms with van der Waals surface area (Å²) >= 11 is 0. The molecule has 0 radical (unpaired) electrons. The zero-order chi connectivity index (χ0) is 12.3. The number of rotatable bonds is 4. The lowest BCUT2D eigenvalue weighted by molar-refractivity contribution is 0.647. The first-order valence-corrected chi connectivity index (χ1v) is 5.76. The molecule has 0 saturated carbocycles. The third kappa shape index (κ3) is 3.03. The van der Waals surface area contributed by atoms with E-state index in [2.05, 4.69) is 20.4 Å². The third-order valence-corrected chi connectivity index (χ3v) is 2.34. The van der Waals surface area contributed by atoms with Crippen molar-refractivity contribution in [2.24, 2.45) is 0 Å². The molecular formula is C12H17N5. The lowest BCUT2D eigenvalue weighted by Crippen LogP contribution is -2.09. The Morgan fingerprint density at radius 1 is 1.24 bits per heavy atom. The number of anilines is 1. The minimum atomic E-state index is 0.605. The zero-order valence-electron chi connectivity index (χ0n) is 10.4. The highest BCUT2D eigenvalue weighted by Crippen LogP contribution is 2.07. The number of nitrogens with zero attached hydrogens (tertiary/aromatic N) is 4. The van der Waals surface area contributed by atoms with Crippen molar-refractivity contribution >= 4 is 5.82 Å². The minimum Gasteiger partial charge on any atom is -0.370 e. The second-order valence-corrected chi connectivity index (χ2v) is 4.00. The van der Waals surface area contributed by atoms with Crippen LogP contribution >= 0.6 is 0 Å². The monoisotopic (exact) mass is 231 g/mol. The van der Waals surface area contributed by atoms with Crippen LogP contribution in [-0.4, -0.2) is 26.3 Å². The van der Waals surface area contributed by atoms with Crippen molar-refractivity contribution in [2.75, 3.05) is 11.9 Å². The molecule has 0 aromatic carbocycles. The molecule has 1 N–H and O–H groups in total. The zero-order valence-corrected chi connectivity index (χ0v) is 10.4. The maximum absolute atomic E-state index is 4.44. The van der Waals surface area contributed by atoms with Gasteiger partial charge in [-0.2, -0.15) is 5.10 Å². The van der Waals surface area contributed by atoms with Crippen molar-refractivity contribution in [2.45, 2.75) is 27.3 Å². The summed E-state index contributed by atoms with van der Waals surface area (Å²) in [5.41, 5.74) is 1.97. The molecule has 5 heteroatoms. The Labute approximate surface area is 101 Å². The number of nitrogens with one attached hydrogen (secondary N) is 1. The molecule has 0 fully saturated rings. The standard InChI is InChI=1S/C12H17N5/c1-4-13-11-7-10(3)14-12(15-11)8-17-6-5-9(2)16-17/h5-7H,4,8H2,1-3H3,(H,13,14,15). The highest BCUT2D eigenvalue weighted by atomic mass is 15.3. The van der Waals surface area contributed by atoms with E-state index in [9.17, 15) is 0 Å². The summed E-state index contributed by atoms with van der Waals surface area (Å²) in [6.07, 6.45) is 1.94. The van der Waals surface area contributed by atoms with Crippen molar-refractivity contribution in [1.29, 1.82) is 0 Å². The van der Waals surface area contributed by atoms with Gasteiger partial charge in [-0.1, -0.05) is 0 Å². The van der Waals surface area contributed by atoms with Crippen LogP contribution in [0, 0.1) is 13.8 Å². The molecule has 0 aliphatic rings. The van der Waals surface area contributed by atoms with Crippen molar-refractivity contribution in [3.63, 3.8) is 0 Å². The topological polar surface area (TPSA) is 55.6 Å². The van der Waals surface area contributed by atoms with Crippen molar-refractivity contribution in [3.05, 3.63) is 35.5 Å². The van der Waals surface area contributed by atoms with Gasteiger partial charge < -0.3 is 5.32 Å². The Morgan fingerprint density at radius 2 is 2.06 bits per heavy atom. The molecule has 5 nitrogen and oxygen atoms in total. The quantitative estimate of drug-likeness (QED) is 0.871. The predicted molar refractivity (Wildman–Crippen MR) is 67.0 cm³/mol. The maximum atomic E-state index is 4.44. The van der Waals surface area contributed by atoms with Gasteiger partial charge >= 0.3 is 0 Å². The molecule has 0 bridgehead atoms. The summed E-state index contributed by atoms with van der Waals surface area (Å²) in [5.74, 6) is 1.66. The molecular weight excluding hydrogens is 214 g/mol. The third-order valence-electron chi connectivity index (χ3n) is 2.34. The van der Waals surface area contributed by atoms with E-state index in [1.807, 2.05) is 43.8 Å². The summed E-state index contributed by atoms with van der Waals surface area (Å²) in [6, 6.07) is 3.92. The van der Waals surface area contributed by atoms with Crippen LogP contribution in [0.5, 0.6) is 0 Å². The van der Waals surface area contributed by atoms with Crippen LogP contribution in [0.15, 0.2) is 18.3 Å². The number of aryl methyl sites for hydroxylation is 2. The molecule has 17 heavy (non-hydrogen) atoms. The molecule has 0 unspecified atom stereocenters. The van der Waals surface area contributed by atoms with Gasteiger partial charge in [0.25, 0.3) is 0 Å². The highest BCUT2D eigenvalue weighted by molar-refractivity contribution is 5.35. The van der Waals surface area contributed by atoms with Crippen LogP contribution in [0.1, 0.15) is 24.1 Å². The summed E-state index contributed by atoms with van der Waals surface area (Å²) < 4.78 is 1.85. The van der Waals surface area contributed by atoms with E-state index < -0.39 is 0 Å². The van der Waals surface area contributed by atoms with Gasteiger partial charge in [0.05, 0.1) is 5.69 Å². The highest BCUT2D eigenvalue weighted by Gasteiger charge is 2.03. The molecule has 0 spiro atoms. The normalized spacial score (nSPS) is 10.5. The van der Waals surface area contributed by atoms with Gasteiger partial charge in [-0.25, -0.2) is 9.97 Å². The van der Waals surface area contributed by atoms with E-state index in [0.717, 1.165) is 29.6 Å². The molecule has 0 aliphatic carbocycles. The van der Waals surface area contributed by atoms with Gasteiger partial charge in [-0.15, -0.1) is 0 Å². The van der Waals surface area contributed by atoms with E-state index in [-0.39, 0.29) is 0 Å². The summed E-state index contributed by atoms with van der Waals surface area (Å²) in [7, 11) is 0. The SMILES string of the molecule is CCNc1cc(C)nc(Cn2ccc(C)n2)n1. The fourth-order valence-corrected chi connectivity index (χ4v) is 1.67. The van der Waals surface area contributed by atoms with E-state index in [1.165, 1.54) is 0 Å². The van der Waals surface area contributed by atoms with Crippen LogP contribution < -0.4 is 5.32 Å². The summed E-state index contributed by atoms with van der Waals surface area (Å²) in [5, 5.41) is 7.53. The molecule has 2 aromatic heterocycles. The van der Waals surface area contributed by atoms with Crippen molar-refractivity contribution in [3.8, 4) is 0 Å². The second kappa shape index (κ2) is 4.95. The molecule has 0 amide bonds. The van der Waals surface area contributed by atoms with E-state index in [0.29, 0.717) is 6.54 Å². The molecule has 2 heterocycles. The lowest BCUT2D eigenvalue weighted by Gasteiger charge is -2.06. The lowest BCUT2D eigenvalue weighted by atomic mass is 10.4. The molecule has 0 aliphatic heterocycles. The summed E-state index contributed by atoms with van der Waals surface area (Å²) in [4.78, 5) is 8.85. The van der Waals surface area contributed by atoms with Crippen LogP contribution in [-0.2, 0) is 6.54 Å². The van der Waals surface area contributed by atoms with Crippen molar-refractivity contribution < 1.29 is 0 Å². The average molecular weight is 231 g/mol. The van der Waals surface area contributed by atoms with E-state index in [1.54, 1.807) is 0 Å². The Morgan fingerprint density at radius 3 is 2.71 bits per heavy atom. The maximum Gasteiger partial charge on any atom is 0.152 e. The smallest absolute Gasteiger partial charge is 0.152 e. The van der Waals surface area contributed by atoms with Gasteiger partial charge in [0, 0.05) is 24.5 Å². The molecule has 2 aromatic rings. The average Bonchev–Trinajstić information content (AvgIpc) is 2.63. The Balaban J connectivity index is 2.20. The van der Waals surface area contributed by atoms with Crippen LogP contribution in [0.3, 0.4) is 0 Å². The van der Waals surface area contributed by atoms with Crippen LogP contribution in [0.25, 0.3) is 0 Å². The molecule has 0 saturated heterocycles. The molecule has 2 rings (SSSR count).